The van der Waals surface area contributed by atoms with E-state index in [2.05, 4.69) is 4.98 Å². The summed E-state index contributed by atoms with van der Waals surface area (Å²) in [6.07, 6.45) is -10.8. The minimum atomic E-state index is -4.74. The predicted molar refractivity (Wildman–Crippen MR) is 64.4 cm³/mol. The van der Waals surface area contributed by atoms with Gasteiger partial charge in [-0.25, -0.2) is 4.98 Å². The van der Waals surface area contributed by atoms with Gasteiger partial charge in [-0.15, -0.1) is 0 Å². The Morgan fingerprint density at radius 1 is 1.10 bits per heavy atom. The summed E-state index contributed by atoms with van der Waals surface area (Å²) in [6.45, 7) is -0.422. The van der Waals surface area contributed by atoms with Crippen LogP contribution in [0.1, 0.15) is 18.7 Å². The van der Waals surface area contributed by atoms with Gasteiger partial charge in [-0.1, -0.05) is 0 Å². The molecule has 0 spiro atoms. The quantitative estimate of drug-likeness (QED) is 0.688. The molecule has 0 atom stereocenters. The highest BCUT2D eigenvalue weighted by atomic mass is 19.4. The van der Waals surface area contributed by atoms with E-state index in [1.54, 1.807) is 0 Å². The number of hydrogen-bond acceptors (Lipinski definition) is 2. The lowest BCUT2D eigenvalue weighted by atomic mass is 10.2. The highest BCUT2D eigenvalue weighted by molar-refractivity contribution is 5.79. The molecule has 9 heteroatoms. The number of imidazole rings is 1. The Balaban J connectivity index is 2.39. The standard InChI is InChI=1S/C12H11F6N3/c13-11(14,15)4-1-5-21-9-3-2-7(19)6-8(9)20-10(21)12(16,17)18/h2-3,6H,1,4-5,19H2. The molecule has 1 heterocycles. The van der Waals surface area contributed by atoms with Crippen molar-refractivity contribution in [1.82, 2.24) is 9.55 Å². The minimum Gasteiger partial charge on any atom is -0.399 e. The van der Waals surface area contributed by atoms with Gasteiger partial charge in [-0.2, -0.15) is 26.3 Å². The van der Waals surface area contributed by atoms with Crippen molar-refractivity contribution in [3.63, 3.8) is 0 Å². The van der Waals surface area contributed by atoms with Gasteiger partial charge in [0.15, 0.2) is 0 Å². The van der Waals surface area contributed by atoms with Crippen molar-refractivity contribution in [3.05, 3.63) is 24.0 Å². The average molecular weight is 311 g/mol. The van der Waals surface area contributed by atoms with Crippen LogP contribution >= 0.6 is 0 Å². The fourth-order valence-corrected chi connectivity index (χ4v) is 2.03. The molecular formula is C12H11F6N3. The second kappa shape index (κ2) is 5.12. The Hall–Kier alpha value is -1.93. The summed E-state index contributed by atoms with van der Waals surface area (Å²) in [5.74, 6) is -1.22. The van der Waals surface area contributed by atoms with Crippen molar-refractivity contribution in [3.8, 4) is 0 Å². The molecule has 2 aromatic rings. The molecule has 0 aliphatic carbocycles. The highest BCUT2D eigenvalue weighted by Crippen LogP contribution is 2.33. The van der Waals surface area contributed by atoms with Gasteiger partial charge >= 0.3 is 12.4 Å². The van der Waals surface area contributed by atoms with Crippen LogP contribution in [0.3, 0.4) is 0 Å². The summed E-state index contributed by atoms with van der Waals surface area (Å²) >= 11 is 0. The number of fused-ring (bicyclic) bond motifs is 1. The molecule has 2 rings (SSSR count). The van der Waals surface area contributed by atoms with Gasteiger partial charge in [0.2, 0.25) is 5.82 Å². The first kappa shape index (κ1) is 15.5. The van der Waals surface area contributed by atoms with E-state index < -0.39 is 37.6 Å². The Bertz CT molecular complexity index is 641. The Morgan fingerprint density at radius 3 is 2.33 bits per heavy atom. The number of anilines is 1. The number of alkyl halides is 6. The molecule has 21 heavy (non-hydrogen) atoms. The number of halogens is 6. The lowest BCUT2D eigenvalue weighted by Crippen LogP contribution is -2.16. The van der Waals surface area contributed by atoms with E-state index in [1.165, 1.54) is 18.2 Å². The van der Waals surface area contributed by atoms with E-state index in [9.17, 15) is 26.3 Å². The third-order valence-corrected chi connectivity index (χ3v) is 2.87. The topological polar surface area (TPSA) is 43.8 Å². The third kappa shape index (κ3) is 3.59. The minimum absolute atomic E-state index is 0.00864. The van der Waals surface area contributed by atoms with E-state index in [4.69, 9.17) is 5.73 Å². The van der Waals surface area contributed by atoms with Gasteiger partial charge < -0.3 is 10.3 Å². The van der Waals surface area contributed by atoms with E-state index in [0.717, 1.165) is 4.57 Å². The summed E-state index contributed by atoms with van der Waals surface area (Å²) in [5.41, 5.74) is 5.82. The van der Waals surface area contributed by atoms with Crippen LogP contribution in [0.4, 0.5) is 32.0 Å². The second-order valence-corrected chi connectivity index (χ2v) is 4.55. The Labute approximate surface area is 115 Å². The maximum absolute atomic E-state index is 12.9. The molecule has 1 aromatic heterocycles. The summed E-state index contributed by atoms with van der Waals surface area (Å²) in [4.78, 5) is 3.44. The van der Waals surface area contributed by atoms with Crippen LogP contribution in [0, 0.1) is 0 Å². The first-order valence-corrected chi connectivity index (χ1v) is 5.97. The van der Waals surface area contributed by atoms with Crippen molar-refractivity contribution in [2.75, 3.05) is 5.73 Å². The fourth-order valence-electron chi connectivity index (χ4n) is 2.03. The van der Waals surface area contributed by atoms with Crippen LogP contribution in [0.25, 0.3) is 11.0 Å². The van der Waals surface area contributed by atoms with Crippen LogP contribution in [-0.2, 0) is 12.7 Å². The van der Waals surface area contributed by atoms with Crippen LogP contribution in [0.15, 0.2) is 18.2 Å². The molecule has 0 saturated heterocycles. The average Bonchev–Trinajstić information content (AvgIpc) is 2.65. The second-order valence-electron chi connectivity index (χ2n) is 4.55. The van der Waals surface area contributed by atoms with Crippen molar-refractivity contribution >= 4 is 16.7 Å². The van der Waals surface area contributed by atoms with Gasteiger partial charge in [0.05, 0.1) is 11.0 Å². The van der Waals surface area contributed by atoms with Crippen LogP contribution in [-0.4, -0.2) is 15.7 Å². The number of aryl methyl sites for hydroxylation is 1. The van der Waals surface area contributed by atoms with Crippen molar-refractivity contribution in [1.29, 1.82) is 0 Å². The Kier molecular flexibility index (Phi) is 3.77. The maximum Gasteiger partial charge on any atom is 0.449 e. The number of benzene rings is 1. The van der Waals surface area contributed by atoms with Crippen LogP contribution in [0.5, 0.6) is 0 Å². The molecule has 0 aliphatic rings. The number of nitrogens with zero attached hydrogens (tertiary/aromatic N) is 2. The SMILES string of the molecule is Nc1ccc2c(c1)nc(C(F)(F)F)n2CCCC(F)(F)F. The van der Waals surface area contributed by atoms with Crippen LogP contribution < -0.4 is 5.73 Å². The molecule has 2 N–H and O–H groups in total. The number of hydrogen-bond donors (Lipinski definition) is 1. The number of rotatable bonds is 3. The molecule has 1 aromatic carbocycles. The monoisotopic (exact) mass is 311 g/mol. The van der Waals surface area contributed by atoms with E-state index in [-0.39, 0.29) is 16.7 Å². The summed E-state index contributed by atoms with van der Waals surface area (Å²) in [5, 5.41) is 0. The molecule has 0 aliphatic heterocycles. The zero-order valence-electron chi connectivity index (χ0n) is 10.6. The van der Waals surface area contributed by atoms with Crippen molar-refractivity contribution < 1.29 is 26.3 Å². The Morgan fingerprint density at radius 2 is 1.76 bits per heavy atom. The summed E-state index contributed by atoms with van der Waals surface area (Å²) in [7, 11) is 0. The zero-order valence-corrected chi connectivity index (χ0v) is 10.6. The van der Waals surface area contributed by atoms with Crippen molar-refractivity contribution in [2.45, 2.75) is 31.7 Å². The van der Waals surface area contributed by atoms with Crippen LogP contribution in [0.2, 0.25) is 0 Å². The number of nitrogens with two attached hydrogens (primary N) is 1. The zero-order chi connectivity index (χ0) is 15.8. The largest absolute Gasteiger partial charge is 0.449 e. The maximum atomic E-state index is 12.9. The van der Waals surface area contributed by atoms with Gasteiger partial charge in [0.1, 0.15) is 0 Å². The molecule has 3 nitrogen and oxygen atoms in total. The third-order valence-electron chi connectivity index (χ3n) is 2.87. The van der Waals surface area contributed by atoms with Crippen molar-refractivity contribution in [2.24, 2.45) is 0 Å². The van der Waals surface area contributed by atoms with Gasteiger partial charge in [0.25, 0.3) is 0 Å². The first-order chi connectivity index (χ1) is 9.58. The van der Waals surface area contributed by atoms with E-state index in [1.807, 2.05) is 0 Å². The molecule has 0 radical (unpaired) electrons. The molecule has 0 saturated carbocycles. The molecule has 0 amide bonds. The summed E-state index contributed by atoms with van der Waals surface area (Å²) < 4.78 is 75.9. The molecule has 0 bridgehead atoms. The molecule has 0 fully saturated rings. The van der Waals surface area contributed by atoms with E-state index in [0.29, 0.717) is 0 Å². The summed E-state index contributed by atoms with van der Waals surface area (Å²) in [6, 6.07) is 3.95. The lowest BCUT2D eigenvalue weighted by molar-refractivity contribution is -0.147. The predicted octanol–water partition coefficient (Wildman–Crippen LogP) is 3.98. The normalized spacial score (nSPS) is 13.0. The van der Waals surface area contributed by atoms with Gasteiger partial charge in [-0.05, 0) is 24.6 Å². The smallest absolute Gasteiger partial charge is 0.399 e. The molecule has 116 valence electrons. The van der Waals surface area contributed by atoms with Gasteiger partial charge in [0, 0.05) is 18.7 Å². The first-order valence-electron chi connectivity index (χ1n) is 5.97. The molecule has 0 unspecified atom stereocenters. The highest BCUT2D eigenvalue weighted by Gasteiger charge is 2.37. The number of aromatic nitrogens is 2. The lowest BCUT2D eigenvalue weighted by Gasteiger charge is -2.12. The number of nitrogen functional groups attached to an aromatic ring is 1. The van der Waals surface area contributed by atoms with E-state index >= 15 is 0 Å². The fraction of sp³-hybridized carbons (Fsp3) is 0.417. The molecular weight excluding hydrogens is 300 g/mol. The van der Waals surface area contributed by atoms with Gasteiger partial charge in [-0.3, -0.25) is 0 Å².